The van der Waals surface area contributed by atoms with Crippen molar-refractivity contribution in [2.75, 3.05) is 7.11 Å². The van der Waals surface area contributed by atoms with E-state index in [4.69, 9.17) is 4.74 Å². The maximum atomic E-state index is 12.1. The van der Waals surface area contributed by atoms with E-state index in [-0.39, 0.29) is 11.9 Å². The number of nitrogens with zero attached hydrogens (tertiary/aromatic N) is 1. The second-order valence-electron chi connectivity index (χ2n) is 5.25. The van der Waals surface area contributed by atoms with Gasteiger partial charge in [-0.05, 0) is 11.6 Å². The first kappa shape index (κ1) is 13.7. The predicted octanol–water partition coefficient (Wildman–Crippen LogP) is 2.00. The van der Waals surface area contributed by atoms with E-state index in [1.165, 1.54) is 7.11 Å². The number of carbonyl (C=O) groups is 2. The minimum absolute atomic E-state index is 0.0327. The minimum atomic E-state index is -0.533. The number of hydrogen-bond donors (Lipinski definition) is 1. The molecule has 1 aliphatic heterocycles. The van der Waals surface area contributed by atoms with Gasteiger partial charge in [-0.1, -0.05) is 25.1 Å². The fraction of sp³-hybridized carbons (Fsp3) is 0.375. The normalized spacial score (nSPS) is 17.6. The summed E-state index contributed by atoms with van der Waals surface area (Å²) in [7, 11) is 1.36. The van der Waals surface area contributed by atoms with E-state index in [0.717, 1.165) is 22.2 Å². The molecule has 0 aliphatic carbocycles. The number of H-pyrrole nitrogens is 1. The molecule has 3 rings (SSSR count). The maximum Gasteiger partial charge on any atom is 0.328 e. The summed E-state index contributed by atoms with van der Waals surface area (Å²) < 4.78 is 4.88. The SMILES string of the molecule is CCC(=O)N1Cc2[nH]c3ccccc3c2C[C@H]1C(=O)OC. The smallest absolute Gasteiger partial charge is 0.328 e. The van der Waals surface area contributed by atoms with Gasteiger partial charge in [0.15, 0.2) is 0 Å². The highest BCUT2D eigenvalue weighted by molar-refractivity contribution is 5.89. The lowest BCUT2D eigenvalue weighted by molar-refractivity contribution is -0.153. The van der Waals surface area contributed by atoms with Crippen LogP contribution in [0.1, 0.15) is 24.6 Å². The van der Waals surface area contributed by atoms with Crippen LogP contribution in [0.15, 0.2) is 24.3 Å². The van der Waals surface area contributed by atoms with Gasteiger partial charge >= 0.3 is 5.97 Å². The van der Waals surface area contributed by atoms with Crippen molar-refractivity contribution in [2.24, 2.45) is 0 Å². The molecule has 21 heavy (non-hydrogen) atoms. The largest absolute Gasteiger partial charge is 0.467 e. The average molecular weight is 286 g/mol. The lowest BCUT2D eigenvalue weighted by atomic mass is 9.96. The Bertz CT molecular complexity index is 705. The van der Waals surface area contributed by atoms with Crippen molar-refractivity contribution < 1.29 is 14.3 Å². The third-order valence-electron chi connectivity index (χ3n) is 4.10. The van der Waals surface area contributed by atoms with Crippen LogP contribution in [0.5, 0.6) is 0 Å². The summed E-state index contributed by atoms with van der Waals surface area (Å²) in [4.78, 5) is 29.1. The molecule has 0 spiro atoms. The Morgan fingerprint density at radius 1 is 1.38 bits per heavy atom. The van der Waals surface area contributed by atoms with Gasteiger partial charge in [-0.25, -0.2) is 4.79 Å². The lowest BCUT2D eigenvalue weighted by Crippen LogP contribution is -2.48. The molecule has 2 heterocycles. The lowest BCUT2D eigenvalue weighted by Gasteiger charge is -2.33. The fourth-order valence-electron chi connectivity index (χ4n) is 3.02. The van der Waals surface area contributed by atoms with Gasteiger partial charge < -0.3 is 14.6 Å². The number of rotatable bonds is 2. The zero-order valence-electron chi connectivity index (χ0n) is 12.2. The topological polar surface area (TPSA) is 62.4 Å². The number of carbonyl (C=O) groups excluding carboxylic acids is 2. The van der Waals surface area contributed by atoms with Gasteiger partial charge in [0.1, 0.15) is 6.04 Å². The summed E-state index contributed by atoms with van der Waals surface area (Å²) in [5.74, 6) is -0.387. The van der Waals surface area contributed by atoms with Crippen molar-refractivity contribution in [3.63, 3.8) is 0 Å². The molecule has 0 saturated carbocycles. The minimum Gasteiger partial charge on any atom is -0.467 e. The van der Waals surface area contributed by atoms with Crippen molar-refractivity contribution in [3.05, 3.63) is 35.5 Å². The van der Waals surface area contributed by atoms with Gasteiger partial charge in [0.2, 0.25) is 5.91 Å². The van der Waals surface area contributed by atoms with Crippen LogP contribution in [0.3, 0.4) is 0 Å². The van der Waals surface area contributed by atoms with Crippen LogP contribution < -0.4 is 0 Å². The zero-order chi connectivity index (χ0) is 15.0. The molecular formula is C16H18N2O3. The second kappa shape index (κ2) is 5.24. The first-order valence-electron chi connectivity index (χ1n) is 7.11. The molecule has 1 atom stereocenters. The van der Waals surface area contributed by atoms with Crippen LogP contribution in [-0.2, 0) is 27.3 Å². The summed E-state index contributed by atoms with van der Waals surface area (Å²) in [6.45, 7) is 2.23. The predicted molar refractivity (Wildman–Crippen MR) is 78.6 cm³/mol. The first-order chi connectivity index (χ1) is 10.2. The van der Waals surface area contributed by atoms with E-state index in [1.807, 2.05) is 24.3 Å². The molecule has 0 saturated heterocycles. The number of esters is 1. The zero-order valence-corrected chi connectivity index (χ0v) is 12.2. The molecule has 0 bridgehead atoms. The average Bonchev–Trinajstić information content (AvgIpc) is 2.89. The maximum absolute atomic E-state index is 12.1. The molecule has 1 amide bonds. The standard InChI is InChI=1S/C16H18N2O3/c1-3-15(19)18-9-13-11(8-14(18)16(20)21-2)10-6-4-5-7-12(10)17-13/h4-7,14,17H,3,8-9H2,1-2H3/t14-/m0/s1. The molecule has 5 nitrogen and oxygen atoms in total. The Morgan fingerprint density at radius 2 is 2.14 bits per heavy atom. The number of ether oxygens (including phenoxy) is 1. The van der Waals surface area contributed by atoms with Crippen molar-refractivity contribution in [2.45, 2.75) is 32.4 Å². The summed E-state index contributed by atoms with van der Waals surface area (Å²) in [5.41, 5.74) is 3.16. The Morgan fingerprint density at radius 3 is 2.86 bits per heavy atom. The molecule has 0 radical (unpaired) electrons. The van der Waals surface area contributed by atoms with Crippen LogP contribution >= 0.6 is 0 Å². The Hall–Kier alpha value is -2.30. The third-order valence-corrected chi connectivity index (χ3v) is 4.10. The van der Waals surface area contributed by atoms with Gasteiger partial charge in [0, 0.05) is 29.4 Å². The van der Waals surface area contributed by atoms with Gasteiger partial charge in [0.25, 0.3) is 0 Å². The van der Waals surface area contributed by atoms with E-state index >= 15 is 0 Å². The number of methoxy groups -OCH3 is 1. The number of hydrogen-bond acceptors (Lipinski definition) is 3. The summed E-state index contributed by atoms with van der Waals surface area (Å²) >= 11 is 0. The first-order valence-corrected chi connectivity index (χ1v) is 7.11. The van der Waals surface area contributed by atoms with Crippen LogP contribution in [0.25, 0.3) is 10.9 Å². The number of amides is 1. The number of para-hydroxylation sites is 1. The molecule has 0 unspecified atom stereocenters. The Kier molecular flexibility index (Phi) is 3.41. The number of aromatic amines is 1. The summed E-state index contributed by atoms with van der Waals surface area (Å²) in [6.07, 6.45) is 0.876. The van der Waals surface area contributed by atoms with Gasteiger partial charge in [-0.15, -0.1) is 0 Å². The van der Waals surface area contributed by atoms with Crippen LogP contribution in [0, 0.1) is 0 Å². The van der Waals surface area contributed by atoms with E-state index in [1.54, 1.807) is 11.8 Å². The fourth-order valence-corrected chi connectivity index (χ4v) is 3.02. The van der Waals surface area contributed by atoms with E-state index in [0.29, 0.717) is 19.4 Å². The van der Waals surface area contributed by atoms with Crippen LogP contribution in [0.4, 0.5) is 0 Å². The van der Waals surface area contributed by atoms with Crippen LogP contribution in [-0.4, -0.2) is 34.9 Å². The monoisotopic (exact) mass is 286 g/mol. The number of benzene rings is 1. The summed E-state index contributed by atoms with van der Waals surface area (Å²) in [5, 5.41) is 1.12. The van der Waals surface area contributed by atoms with Crippen LogP contribution in [0.2, 0.25) is 0 Å². The number of fused-ring (bicyclic) bond motifs is 3. The third kappa shape index (κ3) is 2.18. The number of nitrogens with one attached hydrogen (secondary N) is 1. The Labute approximate surface area is 122 Å². The van der Waals surface area contributed by atoms with Crippen molar-refractivity contribution in [3.8, 4) is 0 Å². The van der Waals surface area contributed by atoms with E-state index in [2.05, 4.69) is 4.98 Å². The quantitative estimate of drug-likeness (QED) is 0.859. The molecule has 110 valence electrons. The molecule has 1 N–H and O–H groups in total. The molecule has 1 aromatic heterocycles. The molecule has 0 fully saturated rings. The second-order valence-corrected chi connectivity index (χ2v) is 5.25. The van der Waals surface area contributed by atoms with Crippen molar-refractivity contribution >= 4 is 22.8 Å². The molecule has 1 aromatic carbocycles. The highest BCUT2D eigenvalue weighted by atomic mass is 16.5. The van der Waals surface area contributed by atoms with Crippen molar-refractivity contribution in [1.29, 1.82) is 0 Å². The van der Waals surface area contributed by atoms with Gasteiger partial charge in [-0.3, -0.25) is 4.79 Å². The van der Waals surface area contributed by atoms with Crippen molar-refractivity contribution in [1.82, 2.24) is 9.88 Å². The Balaban J connectivity index is 2.07. The highest BCUT2D eigenvalue weighted by Gasteiger charge is 2.36. The summed E-state index contributed by atoms with van der Waals surface area (Å²) in [6, 6.07) is 7.46. The molecule has 1 aliphatic rings. The van der Waals surface area contributed by atoms with Gasteiger partial charge in [0.05, 0.1) is 13.7 Å². The van der Waals surface area contributed by atoms with E-state index < -0.39 is 6.04 Å². The highest BCUT2D eigenvalue weighted by Crippen LogP contribution is 2.30. The number of aromatic nitrogens is 1. The van der Waals surface area contributed by atoms with Gasteiger partial charge in [-0.2, -0.15) is 0 Å². The molecular weight excluding hydrogens is 268 g/mol. The van der Waals surface area contributed by atoms with E-state index in [9.17, 15) is 9.59 Å². The molecule has 2 aromatic rings. The molecule has 5 heteroatoms.